The highest BCUT2D eigenvalue weighted by atomic mass is 16.5. The van der Waals surface area contributed by atoms with Gasteiger partial charge in [0.2, 0.25) is 0 Å². The molecule has 104 valence electrons. The van der Waals surface area contributed by atoms with Crippen LogP contribution in [0.4, 0.5) is 5.69 Å². The zero-order valence-electron chi connectivity index (χ0n) is 11.0. The third kappa shape index (κ3) is 3.88. The summed E-state index contributed by atoms with van der Waals surface area (Å²) in [6.07, 6.45) is 5.28. The number of nitrogens with zero attached hydrogens (tertiary/aromatic N) is 2. The van der Waals surface area contributed by atoms with Crippen molar-refractivity contribution in [1.82, 2.24) is 9.78 Å². The molecule has 0 aliphatic carbocycles. The van der Waals surface area contributed by atoms with Crippen molar-refractivity contribution in [3.05, 3.63) is 48.8 Å². The van der Waals surface area contributed by atoms with Crippen LogP contribution in [-0.4, -0.2) is 22.3 Å². The average molecular weight is 272 g/mol. The number of carbonyl (C=O) groups excluding carboxylic acids is 1. The molecule has 1 aromatic heterocycles. The molecule has 0 saturated heterocycles. The van der Waals surface area contributed by atoms with E-state index in [1.807, 2.05) is 18.3 Å². The molecule has 1 heterocycles. The largest absolute Gasteiger partial charge is 0.484 e. The summed E-state index contributed by atoms with van der Waals surface area (Å²) < 4.78 is 6.88. The summed E-state index contributed by atoms with van der Waals surface area (Å²) in [6.45, 7) is 4.14. The molecule has 6 nitrogen and oxygen atoms in total. The molecule has 2 aromatic rings. The van der Waals surface area contributed by atoms with Crippen LogP contribution in [0.3, 0.4) is 0 Å². The van der Waals surface area contributed by atoms with E-state index in [2.05, 4.69) is 17.0 Å². The maximum absolute atomic E-state index is 10.7. The van der Waals surface area contributed by atoms with Gasteiger partial charge >= 0.3 is 0 Å². The van der Waals surface area contributed by atoms with Crippen LogP contribution in [0.25, 0.3) is 6.20 Å². The molecule has 0 aliphatic rings. The Hall–Kier alpha value is -2.76. The van der Waals surface area contributed by atoms with Crippen LogP contribution < -0.4 is 15.8 Å². The number of nitrogens with one attached hydrogen (secondary N) is 1. The quantitative estimate of drug-likeness (QED) is 0.799. The fraction of sp³-hybridized carbons (Fsp3) is 0.143. The third-order valence-electron chi connectivity index (χ3n) is 2.55. The lowest BCUT2D eigenvalue weighted by molar-refractivity contribution is -0.119. The second-order valence-corrected chi connectivity index (χ2v) is 4.15. The molecule has 1 aromatic carbocycles. The summed E-state index contributed by atoms with van der Waals surface area (Å²) in [7, 11) is 0. The van der Waals surface area contributed by atoms with Crippen molar-refractivity contribution >= 4 is 17.8 Å². The van der Waals surface area contributed by atoms with Gasteiger partial charge in [0, 0.05) is 36.3 Å². The SMILES string of the molecule is C=Cn1cc(CNc2cccc(OCC(N)=O)c2)cn1. The molecule has 3 N–H and O–H groups in total. The van der Waals surface area contributed by atoms with E-state index in [1.54, 1.807) is 29.2 Å². The van der Waals surface area contributed by atoms with Crippen LogP contribution in [0.2, 0.25) is 0 Å². The van der Waals surface area contributed by atoms with E-state index in [0.717, 1.165) is 11.3 Å². The predicted molar refractivity (Wildman–Crippen MR) is 77.1 cm³/mol. The number of carbonyl (C=O) groups is 1. The molecule has 0 saturated carbocycles. The summed E-state index contributed by atoms with van der Waals surface area (Å²) in [5.74, 6) is 0.0933. The van der Waals surface area contributed by atoms with Crippen LogP contribution in [0.15, 0.2) is 43.2 Å². The van der Waals surface area contributed by atoms with E-state index in [0.29, 0.717) is 12.3 Å². The topological polar surface area (TPSA) is 82.2 Å². The summed E-state index contributed by atoms with van der Waals surface area (Å²) in [5.41, 5.74) is 6.95. The fourth-order valence-corrected chi connectivity index (χ4v) is 1.62. The van der Waals surface area contributed by atoms with Crippen molar-refractivity contribution < 1.29 is 9.53 Å². The van der Waals surface area contributed by atoms with Gasteiger partial charge in [-0.05, 0) is 12.1 Å². The Bertz CT molecular complexity index is 607. The van der Waals surface area contributed by atoms with Crippen molar-refractivity contribution in [2.45, 2.75) is 6.54 Å². The van der Waals surface area contributed by atoms with E-state index in [1.165, 1.54) is 0 Å². The van der Waals surface area contributed by atoms with Crippen molar-refractivity contribution in [3.63, 3.8) is 0 Å². The van der Waals surface area contributed by atoms with E-state index < -0.39 is 5.91 Å². The highest BCUT2D eigenvalue weighted by molar-refractivity contribution is 5.75. The molecule has 0 unspecified atom stereocenters. The number of amides is 1. The first-order valence-corrected chi connectivity index (χ1v) is 6.08. The Morgan fingerprint density at radius 3 is 3.10 bits per heavy atom. The molecule has 6 heteroatoms. The zero-order chi connectivity index (χ0) is 14.4. The second-order valence-electron chi connectivity index (χ2n) is 4.15. The Morgan fingerprint density at radius 1 is 1.55 bits per heavy atom. The number of hydrogen-bond acceptors (Lipinski definition) is 4. The third-order valence-corrected chi connectivity index (χ3v) is 2.55. The number of primary amides is 1. The number of hydrogen-bond donors (Lipinski definition) is 2. The van der Waals surface area contributed by atoms with Crippen LogP contribution in [-0.2, 0) is 11.3 Å². The summed E-state index contributed by atoms with van der Waals surface area (Å²) in [6, 6.07) is 7.33. The van der Waals surface area contributed by atoms with Gasteiger partial charge in [0.15, 0.2) is 6.61 Å². The lowest BCUT2D eigenvalue weighted by atomic mass is 10.3. The van der Waals surface area contributed by atoms with E-state index in [-0.39, 0.29) is 6.61 Å². The molecule has 20 heavy (non-hydrogen) atoms. The molecule has 0 bridgehead atoms. The Kier molecular flexibility index (Phi) is 4.39. The van der Waals surface area contributed by atoms with Crippen LogP contribution in [0, 0.1) is 0 Å². The maximum Gasteiger partial charge on any atom is 0.255 e. The fourth-order valence-electron chi connectivity index (χ4n) is 1.62. The molecule has 0 atom stereocenters. The van der Waals surface area contributed by atoms with Crippen LogP contribution >= 0.6 is 0 Å². The Morgan fingerprint density at radius 2 is 2.40 bits per heavy atom. The van der Waals surface area contributed by atoms with Gasteiger partial charge < -0.3 is 15.8 Å². The molecule has 0 fully saturated rings. The zero-order valence-corrected chi connectivity index (χ0v) is 11.0. The van der Waals surface area contributed by atoms with Gasteiger partial charge in [0.25, 0.3) is 5.91 Å². The first-order chi connectivity index (χ1) is 9.67. The van der Waals surface area contributed by atoms with Crippen molar-refractivity contribution in [3.8, 4) is 5.75 Å². The summed E-state index contributed by atoms with van der Waals surface area (Å²) in [4.78, 5) is 10.7. The van der Waals surface area contributed by atoms with Crippen LogP contribution in [0.5, 0.6) is 5.75 Å². The average Bonchev–Trinajstić information content (AvgIpc) is 2.91. The van der Waals surface area contributed by atoms with Gasteiger partial charge in [-0.25, -0.2) is 4.68 Å². The van der Waals surface area contributed by atoms with Gasteiger partial charge in [0.1, 0.15) is 5.75 Å². The highest BCUT2D eigenvalue weighted by Gasteiger charge is 2.00. The van der Waals surface area contributed by atoms with E-state index in [4.69, 9.17) is 10.5 Å². The first-order valence-electron chi connectivity index (χ1n) is 6.08. The molecular formula is C14H16N4O2. The first kappa shape index (κ1) is 13.7. The second kappa shape index (κ2) is 6.42. The summed E-state index contributed by atoms with van der Waals surface area (Å²) in [5, 5.41) is 7.34. The van der Waals surface area contributed by atoms with Gasteiger partial charge in [0.05, 0.1) is 6.20 Å². The number of aromatic nitrogens is 2. The lowest BCUT2D eigenvalue weighted by Gasteiger charge is -2.08. The minimum Gasteiger partial charge on any atom is -0.484 e. The standard InChI is InChI=1S/C14H16N4O2/c1-2-18-9-11(8-17-18)7-16-12-4-3-5-13(6-12)20-10-14(15)19/h2-6,8-9,16H,1,7,10H2,(H2,15,19). The van der Waals surface area contributed by atoms with Crippen LogP contribution in [0.1, 0.15) is 5.56 Å². The van der Waals surface area contributed by atoms with E-state index in [9.17, 15) is 4.79 Å². The minimum absolute atomic E-state index is 0.129. The number of benzene rings is 1. The highest BCUT2D eigenvalue weighted by Crippen LogP contribution is 2.17. The molecular weight excluding hydrogens is 256 g/mol. The molecule has 0 spiro atoms. The molecule has 1 amide bonds. The van der Waals surface area contributed by atoms with Gasteiger partial charge in [-0.2, -0.15) is 5.10 Å². The van der Waals surface area contributed by atoms with Crippen molar-refractivity contribution in [2.24, 2.45) is 5.73 Å². The summed E-state index contributed by atoms with van der Waals surface area (Å²) >= 11 is 0. The monoisotopic (exact) mass is 272 g/mol. The van der Waals surface area contributed by atoms with Crippen molar-refractivity contribution in [1.29, 1.82) is 0 Å². The van der Waals surface area contributed by atoms with Gasteiger partial charge in [-0.15, -0.1) is 0 Å². The van der Waals surface area contributed by atoms with Crippen molar-refractivity contribution in [2.75, 3.05) is 11.9 Å². The number of nitrogens with two attached hydrogens (primary N) is 1. The van der Waals surface area contributed by atoms with Gasteiger partial charge in [-0.3, -0.25) is 4.79 Å². The Balaban J connectivity index is 1.93. The Labute approximate surface area is 116 Å². The van der Waals surface area contributed by atoms with Gasteiger partial charge in [-0.1, -0.05) is 12.6 Å². The number of rotatable bonds is 7. The smallest absolute Gasteiger partial charge is 0.255 e. The normalized spacial score (nSPS) is 10.0. The minimum atomic E-state index is -0.500. The predicted octanol–water partition coefficient (Wildman–Crippen LogP) is 1.46. The molecule has 2 rings (SSSR count). The number of anilines is 1. The maximum atomic E-state index is 10.7. The number of ether oxygens (including phenoxy) is 1. The molecule has 0 aliphatic heterocycles. The molecule has 0 radical (unpaired) electrons. The van der Waals surface area contributed by atoms with E-state index >= 15 is 0 Å². The lowest BCUT2D eigenvalue weighted by Crippen LogP contribution is -2.20.